The summed E-state index contributed by atoms with van der Waals surface area (Å²) in [7, 11) is 0. The van der Waals surface area contributed by atoms with E-state index < -0.39 is 17.6 Å². The molecule has 0 fully saturated rings. The number of carboxylic acid groups (broad SMARTS) is 1. The van der Waals surface area contributed by atoms with E-state index in [-0.39, 0.29) is 17.0 Å². The fourth-order valence-electron chi connectivity index (χ4n) is 1.33. The smallest absolute Gasteiger partial charge is 0.353 e. The number of aromatic nitrogens is 2. The van der Waals surface area contributed by atoms with Crippen molar-refractivity contribution in [1.82, 2.24) is 10.2 Å². The van der Waals surface area contributed by atoms with Crippen LogP contribution in [0.2, 0.25) is 0 Å². The predicted molar refractivity (Wildman–Crippen MR) is 55.4 cm³/mol. The monoisotopic (exact) mass is 234 g/mol. The van der Waals surface area contributed by atoms with E-state index in [1.54, 1.807) is 0 Å². The van der Waals surface area contributed by atoms with Gasteiger partial charge >= 0.3 is 5.97 Å². The molecule has 0 aliphatic rings. The molecule has 1 aromatic heterocycles. The lowest BCUT2D eigenvalue weighted by Gasteiger charge is -1.97. The van der Waals surface area contributed by atoms with Gasteiger partial charge in [-0.2, -0.15) is 5.10 Å². The van der Waals surface area contributed by atoms with Gasteiger partial charge < -0.3 is 5.11 Å². The molecule has 0 aliphatic heterocycles. The molecule has 0 saturated heterocycles. The maximum Gasteiger partial charge on any atom is 0.353 e. The molecule has 2 N–H and O–H groups in total. The minimum absolute atomic E-state index is 0.132. The molecule has 6 heteroatoms. The summed E-state index contributed by atoms with van der Waals surface area (Å²) in [5, 5.41) is 14.4. The number of aromatic carboxylic acids is 1. The summed E-state index contributed by atoms with van der Waals surface area (Å²) in [6.07, 6.45) is 0. The average molecular weight is 234 g/mol. The van der Waals surface area contributed by atoms with Crippen LogP contribution in [0.3, 0.4) is 0 Å². The number of benzene rings is 1. The van der Waals surface area contributed by atoms with Gasteiger partial charge in [0.15, 0.2) is 0 Å². The Hall–Kier alpha value is -2.50. The number of hydrogen-bond acceptors (Lipinski definition) is 3. The number of carboxylic acids is 1. The summed E-state index contributed by atoms with van der Waals surface area (Å²) in [6.45, 7) is 0. The first-order chi connectivity index (χ1) is 8.09. The number of H-pyrrole nitrogens is 1. The van der Waals surface area contributed by atoms with Gasteiger partial charge in [-0.05, 0) is 12.1 Å². The van der Waals surface area contributed by atoms with Crippen molar-refractivity contribution in [1.29, 1.82) is 0 Å². The summed E-state index contributed by atoms with van der Waals surface area (Å²) >= 11 is 0. The Morgan fingerprint density at radius 2 is 2.00 bits per heavy atom. The maximum atomic E-state index is 13.3. The van der Waals surface area contributed by atoms with Crippen molar-refractivity contribution in [3.63, 3.8) is 0 Å². The molecular formula is C11H7FN2O3. The zero-order valence-corrected chi connectivity index (χ0v) is 8.48. The third kappa shape index (κ3) is 2.05. The third-order valence-corrected chi connectivity index (χ3v) is 2.16. The van der Waals surface area contributed by atoms with Crippen molar-refractivity contribution in [2.75, 3.05) is 0 Å². The molecule has 0 radical (unpaired) electrons. The normalized spacial score (nSPS) is 10.2. The van der Waals surface area contributed by atoms with Gasteiger partial charge in [0.2, 0.25) is 5.78 Å². The highest BCUT2D eigenvalue weighted by Crippen LogP contribution is 2.12. The van der Waals surface area contributed by atoms with Gasteiger partial charge in [-0.3, -0.25) is 9.89 Å². The van der Waals surface area contributed by atoms with Crippen molar-refractivity contribution >= 4 is 11.8 Å². The highest BCUT2D eigenvalue weighted by Gasteiger charge is 2.18. The van der Waals surface area contributed by atoms with Crippen molar-refractivity contribution in [2.24, 2.45) is 0 Å². The number of nitrogens with one attached hydrogen (secondary N) is 1. The van der Waals surface area contributed by atoms with Gasteiger partial charge in [0.25, 0.3) is 0 Å². The van der Waals surface area contributed by atoms with E-state index in [0.717, 1.165) is 12.1 Å². The Morgan fingerprint density at radius 1 is 1.29 bits per heavy atom. The second-order valence-corrected chi connectivity index (χ2v) is 3.28. The summed E-state index contributed by atoms with van der Waals surface area (Å²) in [5.74, 6) is -2.56. The lowest BCUT2D eigenvalue weighted by molar-refractivity contribution is 0.0690. The van der Waals surface area contributed by atoms with E-state index in [2.05, 4.69) is 10.2 Å². The fraction of sp³-hybridized carbons (Fsp3) is 0. The molecule has 0 atom stereocenters. The molecule has 1 aromatic carbocycles. The molecule has 0 unspecified atom stereocenters. The van der Waals surface area contributed by atoms with Gasteiger partial charge in [-0.15, -0.1) is 0 Å². The number of ketones is 1. The number of aromatic amines is 1. The van der Waals surface area contributed by atoms with E-state index in [1.165, 1.54) is 18.2 Å². The van der Waals surface area contributed by atoms with Crippen LogP contribution in [0, 0.1) is 5.82 Å². The first-order valence-corrected chi connectivity index (χ1v) is 4.67. The van der Waals surface area contributed by atoms with Crippen molar-refractivity contribution in [3.8, 4) is 0 Å². The molecule has 2 rings (SSSR count). The van der Waals surface area contributed by atoms with Gasteiger partial charge in [0, 0.05) is 6.07 Å². The van der Waals surface area contributed by atoms with E-state index in [1.807, 2.05) is 0 Å². The van der Waals surface area contributed by atoms with Crippen LogP contribution in [0.4, 0.5) is 4.39 Å². The molecule has 5 nitrogen and oxygen atoms in total. The minimum atomic E-state index is -1.23. The fourth-order valence-corrected chi connectivity index (χ4v) is 1.33. The summed E-state index contributed by atoms with van der Waals surface area (Å²) in [4.78, 5) is 22.4. The van der Waals surface area contributed by atoms with Crippen LogP contribution in [0.25, 0.3) is 0 Å². The zero-order chi connectivity index (χ0) is 12.4. The lowest BCUT2D eigenvalue weighted by Crippen LogP contribution is -2.04. The Kier molecular flexibility index (Phi) is 2.70. The summed E-state index contributed by atoms with van der Waals surface area (Å²) in [6, 6.07) is 6.50. The second kappa shape index (κ2) is 4.17. The molecular weight excluding hydrogens is 227 g/mol. The van der Waals surface area contributed by atoms with Crippen molar-refractivity contribution in [2.45, 2.75) is 0 Å². The van der Waals surface area contributed by atoms with Crippen LogP contribution in [-0.2, 0) is 0 Å². The molecule has 0 aliphatic carbocycles. The molecule has 0 spiro atoms. The van der Waals surface area contributed by atoms with Crippen LogP contribution >= 0.6 is 0 Å². The maximum absolute atomic E-state index is 13.3. The second-order valence-electron chi connectivity index (χ2n) is 3.28. The zero-order valence-electron chi connectivity index (χ0n) is 8.48. The highest BCUT2D eigenvalue weighted by molar-refractivity contribution is 6.08. The van der Waals surface area contributed by atoms with Gasteiger partial charge in [-0.1, -0.05) is 12.1 Å². The lowest BCUT2D eigenvalue weighted by atomic mass is 10.1. The molecule has 1 heterocycles. The Bertz CT molecular complexity index is 592. The van der Waals surface area contributed by atoms with Crippen LogP contribution in [0.1, 0.15) is 26.5 Å². The van der Waals surface area contributed by atoms with Gasteiger partial charge in [0.1, 0.15) is 17.2 Å². The van der Waals surface area contributed by atoms with E-state index in [0.29, 0.717) is 0 Å². The predicted octanol–water partition coefficient (Wildman–Crippen LogP) is 1.48. The van der Waals surface area contributed by atoms with Gasteiger partial charge in [-0.25, -0.2) is 9.18 Å². The summed E-state index contributed by atoms with van der Waals surface area (Å²) < 4.78 is 13.3. The highest BCUT2D eigenvalue weighted by atomic mass is 19.1. The third-order valence-electron chi connectivity index (χ3n) is 2.16. The first-order valence-electron chi connectivity index (χ1n) is 4.67. The Balaban J connectivity index is 2.37. The molecule has 86 valence electrons. The van der Waals surface area contributed by atoms with Crippen molar-refractivity contribution < 1.29 is 19.1 Å². The largest absolute Gasteiger partial charge is 0.477 e. The van der Waals surface area contributed by atoms with Crippen LogP contribution < -0.4 is 0 Å². The number of carbonyl (C=O) groups is 2. The topological polar surface area (TPSA) is 83.0 Å². The molecule has 0 saturated carbocycles. The van der Waals surface area contributed by atoms with Crippen LogP contribution in [0.15, 0.2) is 30.3 Å². The van der Waals surface area contributed by atoms with Gasteiger partial charge in [0.05, 0.1) is 5.56 Å². The molecule has 17 heavy (non-hydrogen) atoms. The average Bonchev–Trinajstić information content (AvgIpc) is 2.78. The summed E-state index contributed by atoms with van der Waals surface area (Å²) in [5.41, 5.74) is -0.492. The number of hydrogen-bond donors (Lipinski definition) is 2. The molecule has 0 bridgehead atoms. The van der Waals surface area contributed by atoms with E-state index >= 15 is 0 Å². The van der Waals surface area contributed by atoms with Crippen LogP contribution in [0.5, 0.6) is 0 Å². The number of rotatable bonds is 3. The van der Waals surface area contributed by atoms with Crippen molar-refractivity contribution in [3.05, 3.63) is 53.1 Å². The number of carbonyl (C=O) groups excluding carboxylic acids is 1. The SMILES string of the molecule is O=C(O)c1cc(C(=O)c2ccccc2F)n[nH]1. The quantitative estimate of drug-likeness (QED) is 0.788. The first kappa shape index (κ1) is 11.0. The molecule has 0 amide bonds. The number of halogens is 1. The molecule has 2 aromatic rings. The van der Waals surface area contributed by atoms with Crippen LogP contribution in [-0.4, -0.2) is 27.1 Å². The Labute approximate surface area is 94.9 Å². The minimum Gasteiger partial charge on any atom is -0.477 e. The standard InChI is InChI=1S/C11H7FN2O3/c12-7-4-2-1-3-6(7)10(15)8-5-9(11(16)17)14-13-8/h1-5H,(H,13,14)(H,16,17). The van der Waals surface area contributed by atoms with E-state index in [9.17, 15) is 14.0 Å². The Morgan fingerprint density at radius 3 is 2.59 bits per heavy atom. The number of nitrogens with zero attached hydrogens (tertiary/aromatic N) is 1. The van der Waals surface area contributed by atoms with E-state index in [4.69, 9.17) is 5.11 Å².